The van der Waals surface area contributed by atoms with E-state index in [1.165, 1.54) is 41.4 Å². The number of ether oxygens (including phenoxy) is 3. The average molecular weight is 766 g/mol. The zero-order chi connectivity index (χ0) is 38.7. The lowest BCUT2D eigenvalue weighted by Gasteiger charge is -2.22. The number of hydrogen-bond donors (Lipinski definition) is 4. The minimum Gasteiger partial charge on any atom is -0.506 e. The highest BCUT2D eigenvalue weighted by Crippen LogP contribution is 2.30. The molecule has 6 aromatic rings. The van der Waals surface area contributed by atoms with Gasteiger partial charge in [-0.1, -0.05) is 36.4 Å². The molecule has 0 bridgehead atoms. The predicted molar refractivity (Wildman–Crippen MR) is 206 cm³/mol. The predicted octanol–water partition coefficient (Wildman–Crippen LogP) is 7.14. The van der Waals surface area contributed by atoms with Crippen molar-refractivity contribution in [2.75, 3.05) is 24.6 Å². The first-order valence-corrected chi connectivity index (χ1v) is 18.4. The smallest absolute Gasteiger partial charge is 0.420 e. The van der Waals surface area contributed by atoms with Crippen molar-refractivity contribution in [3.63, 3.8) is 0 Å². The SMILES string of the molecule is CC(=O)c1sccc1OC(=O)N(Cc1cccc(OCc2ccc(C(=O)OCCCCNC[C@H](O)c3ccc(O)c4[nH]c(=O)ccc34)o2)c1)c1ccccc1. The Morgan fingerprint density at radius 1 is 0.964 bits per heavy atom. The van der Waals surface area contributed by atoms with Crippen molar-refractivity contribution in [3.05, 3.63) is 140 Å². The number of ketones is 1. The van der Waals surface area contributed by atoms with E-state index in [0.29, 0.717) is 52.4 Å². The monoisotopic (exact) mass is 765 g/mol. The van der Waals surface area contributed by atoms with Gasteiger partial charge in [-0.05, 0) is 90.5 Å². The van der Waals surface area contributed by atoms with E-state index in [1.54, 1.807) is 60.0 Å². The number of amides is 1. The summed E-state index contributed by atoms with van der Waals surface area (Å²) in [4.78, 5) is 54.0. The average Bonchev–Trinajstić information content (AvgIpc) is 3.87. The second kappa shape index (κ2) is 18.2. The van der Waals surface area contributed by atoms with E-state index in [9.17, 15) is 29.4 Å². The number of furan rings is 1. The Kier molecular flexibility index (Phi) is 12.7. The number of anilines is 1. The van der Waals surface area contributed by atoms with Crippen molar-refractivity contribution < 1.29 is 43.2 Å². The fourth-order valence-electron chi connectivity index (χ4n) is 5.77. The molecule has 14 heteroatoms. The Balaban J connectivity index is 0.941. The van der Waals surface area contributed by atoms with E-state index >= 15 is 0 Å². The molecule has 0 saturated carbocycles. The van der Waals surface area contributed by atoms with Crippen LogP contribution in [-0.2, 0) is 17.9 Å². The van der Waals surface area contributed by atoms with Crippen LogP contribution in [0.25, 0.3) is 10.9 Å². The molecule has 284 valence electrons. The number of aliphatic hydroxyl groups is 1. The van der Waals surface area contributed by atoms with E-state index < -0.39 is 18.2 Å². The maximum Gasteiger partial charge on any atom is 0.420 e. The van der Waals surface area contributed by atoms with Gasteiger partial charge in [-0.3, -0.25) is 14.5 Å². The summed E-state index contributed by atoms with van der Waals surface area (Å²) in [6, 6.07) is 27.0. The normalized spacial score (nSPS) is 11.6. The Bertz CT molecular complexity index is 2320. The number of para-hydroxylation sites is 1. The van der Waals surface area contributed by atoms with Crippen LogP contribution < -0.4 is 25.2 Å². The first-order chi connectivity index (χ1) is 26.7. The summed E-state index contributed by atoms with van der Waals surface area (Å²) in [5.41, 5.74) is 1.88. The molecule has 0 saturated heterocycles. The van der Waals surface area contributed by atoms with Crippen LogP contribution in [0.4, 0.5) is 10.5 Å². The number of aromatic amines is 1. The summed E-state index contributed by atoms with van der Waals surface area (Å²) in [5, 5.41) is 26.2. The number of pyridine rings is 1. The number of carbonyl (C=O) groups is 3. The minimum absolute atomic E-state index is 0.0442. The Morgan fingerprint density at radius 3 is 2.62 bits per heavy atom. The van der Waals surface area contributed by atoms with Gasteiger partial charge in [-0.15, -0.1) is 11.3 Å². The number of phenols is 1. The van der Waals surface area contributed by atoms with Crippen LogP contribution in [0.15, 0.2) is 112 Å². The van der Waals surface area contributed by atoms with E-state index in [4.69, 9.17) is 18.6 Å². The largest absolute Gasteiger partial charge is 0.506 e. The fraction of sp³-hybridized carbons (Fsp3) is 0.220. The molecule has 0 spiro atoms. The molecule has 3 aromatic carbocycles. The van der Waals surface area contributed by atoms with Crippen molar-refractivity contribution in [2.24, 2.45) is 0 Å². The molecule has 0 aliphatic rings. The van der Waals surface area contributed by atoms with Crippen LogP contribution in [0.3, 0.4) is 0 Å². The number of phenolic OH excluding ortho intramolecular Hbond substituents is 1. The van der Waals surface area contributed by atoms with Gasteiger partial charge in [0, 0.05) is 30.6 Å². The summed E-state index contributed by atoms with van der Waals surface area (Å²) in [5.74, 6) is 0.343. The fourth-order valence-corrected chi connectivity index (χ4v) is 6.49. The molecule has 0 aliphatic heterocycles. The van der Waals surface area contributed by atoms with E-state index in [-0.39, 0.29) is 60.4 Å². The number of thiophene rings is 1. The molecule has 6 rings (SSSR count). The first kappa shape index (κ1) is 38.5. The molecule has 1 atom stereocenters. The Labute approximate surface area is 319 Å². The number of aromatic hydroxyl groups is 1. The lowest BCUT2D eigenvalue weighted by molar-refractivity contribution is 0.0458. The van der Waals surface area contributed by atoms with E-state index in [2.05, 4.69) is 10.3 Å². The van der Waals surface area contributed by atoms with Crippen LogP contribution in [-0.4, -0.2) is 52.7 Å². The Hall–Kier alpha value is -6.22. The number of esters is 1. The number of benzene rings is 3. The van der Waals surface area contributed by atoms with Crippen LogP contribution >= 0.6 is 11.3 Å². The van der Waals surface area contributed by atoms with E-state index in [1.807, 2.05) is 24.3 Å². The molecule has 4 N–H and O–H groups in total. The van der Waals surface area contributed by atoms with Gasteiger partial charge in [0.25, 0.3) is 0 Å². The minimum atomic E-state index is -0.866. The van der Waals surface area contributed by atoms with Gasteiger partial charge in [0.05, 0.1) is 24.8 Å². The van der Waals surface area contributed by atoms with Crippen molar-refractivity contribution in [3.8, 4) is 17.2 Å². The number of rotatable bonds is 17. The van der Waals surface area contributed by atoms with Crippen molar-refractivity contribution in [1.29, 1.82) is 0 Å². The number of carbonyl (C=O) groups excluding carboxylic acids is 3. The quantitative estimate of drug-likeness (QED) is 0.0421. The maximum atomic E-state index is 13.4. The standard InChI is InChI=1S/C41H39N3O10S/c1-26(45)39-35(18-21-55-39)54-41(50)44(28-9-3-2-4-10-28)24-27-8-7-11-29(22-27)52-25-30-12-16-36(53-30)40(49)51-20-6-5-19-42-23-34(47)31-13-15-33(46)38-32(31)14-17-37(48)43-38/h2-4,7-18,21-22,34,42,46-47H,5-6,19-20,23-25H2,1H3,(H,43,48)/t34-/m0/s1. The van der Waals surface area contributed by atoms with Crippen LogP contribution in [0.1, 0.15) is 63.0 Å². The summed E-state index contributed by atoms with van der Waals surface area (Å²) in [6.45, 7) is 2.63. The highest BCUT2D eigenvalue weighted by Gasteiger charge is 2.22. The lowest BCUT2D eigenvalue weighted by atomic mass is 10.0. The third kappa shape index (κ3) is 10.1. The molecule has 0 unspecified atom stereocenters. The summed E-state index contributed by atoms with van der Waals surface area (Å²) >= 11 is 1.21. The van der Waals surface area contributed by atoms with Gasteiger partial charge in [0.1, 0.15) is 28.7 Å². The number of nitrogens with zero attached hydrogens (tertiary/aromatic N) is 1. The summed E-state index contributed by atoms with van der Waals surface area (Å²) < 4.78 is 22.6. The van der Waals surface area contributed by atoms with Crippen molar-refractivity contribution in [1.82, 2.24) is 10.3 Å². The van der Waals surface area contributed by atoms with Gasteiger partial charge in [-0.25, -0.2) is 9.59 Å². The molecular formula is C41H39N3O10S. The van der Waals surface area contributed by atoms with Crippen molar-refractivity contribution in [2.45, 2.75) is 39.0 Å². The number of aliphatic hydroxyl groups excluding tert-OH is 1. The maximum absolute atomic E-state index is 13.4. The second-order valence-corrected chi connectivity index (χ2v) is 13.4. The molecule has 0 aliphatic carbocycles. The van der Waals surface area contributed by atoms with E-state index in [0.717, 1.165) is 5.56 Å². The second-order valence-electron chi connectivity index (χ2n) is 12.5. The number of aromatic nitrogens is 1. The van der Waals surface area contributed by atoms with Gasteiger partial charge in [0.2, 0.25) is 11.3 Å². The molecule has 55 heavy (non-hydrogen) atoms. The van der Waals surface area contributed by atoms with Crippen LogP contribution in [0, 0.1) is 0 Å². The zero-order valence-electron chi connectivity index (χ0n) is 29.9. The number of H-pyrrole nitrogens is 1. The molecular weight excluding hydrogens is 727 g/mol. The molecule has 0 fully saturated rings. The third-order valence-electron chi connectivity index (χ3n) is 8.50. The molecule has 3 heterocycles. The van der Waals surface area contributed by atoms with Gasteiger partial charge < -0.3 is 39.1 Å². The highest BCUT2D eigenvalue weighted by atomic mass is 32.1. The molecule has 3 aromatic heterocycles. The summed E-state index contributed by atoms with van der Waals surface area (Å²) in [6.07, 6.45) is -0.242. The highest BCUT2D eigenvalue weighted by molar-refractivity contribution is 7.12. The van der Waals surface area contributed by atoms with Crippen molar-refractivity contribution >= 4 is 45.8 Å². The molecule has 1 amide bonds. The molecule has 0 radical (unpaired) electrons. The zero-order valence-corrected chi connectivity index (χ0v) is 30.7. The van der Waals surface area contributed by atoms with Gasteiger partial charge in [-0.2, -0.15) is 0 Å². The topological polar surface area (TPSA) is 181 Å². The molecule has 13 nitrogen and oxygen atoms in total. The van der Waals surface area contributed by atoms with Crippen LogP contribution in [0.2, 0.25) is 0 Å². The Morgan fingerprint density at radius 2 is 1.80 bits per heavy atom. The number of nitrogens with one attached hydrogen (secondary N) is 2. The lowest BCUT2D eigenvalue weighted by Crippen LogP contribution is -2.33. The first-order valence-electron chi connectivity index (χ1n) is 17.5. The number of Topliss-reactive ketones (excluding diaryl/α,β-unsaturated/α-hetero) is 1. The van der Waals surface area contributed by atoms with Gasteiger partial charge in [0.15, 0.2) is 11.5 Å². The van der Waals surface area contributed by atoms with Gasteiger partial charge >= 0.3 is 12.1 Å². The number of hydrogen-bond acceptors (Lipinski definition) is 12. The number of unbranched alkanes of at least 4 members (excludes halogenated alkanes) is 1. The number of fused-ring (bicyclic) bond motifs is 1. The summed E-state index contributed by atoms with van der Waals surface area (Å²) in [7, 11) is 0. The van der Waals surface area contributed by atoms with Crippen LogP contribution in [0.5, 0.6) is 17.2 Å². The third-order valence-corrected chi connectivity index (χ3v) is 9.50.